The van der Waals surface area contributed by atoms with E-state index in [1.807, 2.05) is 72.8 Å². The van der Waals surface area contributed by atoms with Crippen LogP contribution in [0, 0.1) is 0 Å². The van der Waals surface area contributed by atoms with Gasteiger partial charge in [-0.2, -0.15) is 4.98 Å². The second kappa shape index (κ2) is 8.70. The van der Waals surface area contributed by atoms with Crippen molar-refractivity contribution in [3.63, 3.8) is 0 Å². The third kappa shape index (κ3) is 3.78. The van der Waals surface area contributed by atoms with Crippen LogP contribution in [0.4, 0.5) is 10.2 Å². The highest BCUT2D eigenvalue weighted by atomic mass is 19.1. The molecule has 0 amide bonds. The predicted molar refractivity (Wildman–Crippen MR) is 127 cm³/mol. The Morgan fingerprint density at radius 2 is 1.79 bits per heavy atom. The third-order valence-electron chi connectivity index (χ3n) is 5.52. The minimum Gasteiger partial charge on any atom is -0.494 e. The summed E-state index contributed by atoms with van der Waals surface area (Å²) in [6, 6.07) is 24.7. The van der Waals surface area contributed by atoms with Crippen molar-refractivity contribution in [2.24, 2.45) is 0 Å². The highest BCUT2D eigenvalue weighted by Crippen LogP contribution is 2.31. The van der Waals surface area contributed by atoms with Crippen molar-refractivity contribution < 1.29 is 13.9 Å². The molecule has 5 rings (SSSR count). The molecule has 5 aromatic rings. The van der Waals surface area contributed by atoms with Gasteiger partial charge in [-0.1, -0.05) is 54.6 Å². The van der Waals surface area contributed by atoms with Gasteiger partial charge >= 0.3 is 0 Å². The zero-order valence-electron chi connectivity index (χ0n) is 18.0. The number of hydrogen-bond donors (Lipinski definition) is 1. The number of carbonyl (C=O) groups is 1. The lowest BCUT2D eigenvalue weighted by Gasteiger charge is -2.15. The highest BCUT2D eigenvalue weighted by molar-refractivity contribution is 6.02. The minimum atomic E-state index is -1.10. The zero-order chi connectivity index (χ0) is 22.8. The van der Waals surface area contributed by atoms with Crippen molar-refractivity contribution in [3.8, 4) is 11.7 Å². The van der Waals surface area contributed by atoms with Crippen molar-refractivity contribution in [2.75, 3.05) is 19.1 Å². The molecule has 0 bridgehead atoms. The summed E-state index contributed by atoms with van der Waals surface area (Å²) in [4.78, 5) is 22.0. The Kier molecular flexibility index (Phi) is 5.44. The maximum Gasteiger partial charge on any atom is 0.237 e. The molecule has 0 aliphatic carbocycles. The Balaban J connectivity index is 1.73. The van der Waals surface area contributed by atoms with Gasteiger partial charge in [0.25, 0.3) is 0 Å². The molecule has 0 atom stereocenters. The fourth-order valence-electron chi connectivity index (χ4n) is 3.94. The number of ether oxygens (including phenoxy) is 1. The second-order valence-electron chi connectivity index (χ2n) is 7.55. The number of nitrogens with one attached hydrogen (secondary N) is 1. The zero-order valence-corrected chi connectivity index (χ0v) is 18.0. The van der Waals surface area contributed by atoms with Gasteiger partial charge in [-0.3, -0.25) is 9.36 Å². The van der Waals surface area contributed by atoms with E-state index in [4.69, 9.17) is 14.7 Å². The SMILES string of the molecule is COc1cccc2c(NCc3ccccc3)nc(-n3c(C(=O)CF)cc4ccccc43)nc12. The average Bonchev–Trinajstić information content (AvgIpc) is 3.26. The lowest BCUT2D eigenvalue weighted by atomic mass is 10.2. The molecule has 7 heteroatoms. The Labute approximate surface area is 189 Å². The molecule has 0 aliphatic heterocycles. The van der Waals surface area contributed by atoms with Gasteiger partial charge in [0.15, 0.2) is 6.67 Å². The maximum atomic E-state index is 13.4. The van der Waals surface area contributed by atoms with Crippen molar-refractivity contribution in [1.29, 1.82) is 0 Å². The number of fused-ring (bicyclic) bond motifs is 2. The van der Waals surface area contributed by atoms with Gasteiger partial charge in [-0.25, -0.2) is 9.37 Å². The molecule has 2 aromatic heterocycles. The number of Topliss-reactive ketones (excluding diaryl/α,β-unsaturated/α-hetero) is 1. The molecule has 0 unspecified atom stereocenters. The summed E-state index contributed by atoms with van der Waals surface area (Å²) in [5.41, 5.74) is 2.60. The van der Waals surface area contributed by atoms with Gasteiger partial charge in [0.2, 0.25) is 11.7 Å². The van der Waals surface area contributed by atoms with E-state index < -0.39 is 12.5 Å². The number of aromatic nitrogens is 3. The maximum absolute atomic E-state index is 13.4. The standard InChI is InChI=1S/C26H21FN4O2/c1-33-23-13-7-11-19-24(23)29-26(30-25(19)28-16-17-8-3-2-4-9-17)31-20-12-6-5-10-18(20)14-21(31)22(32)15-27/h2-14H,15-16H2,1H3,(H,28,29,30). The van der Waals surface area contributed by atoms with Crippen LogP contribution in [0.2, 0.25) is 0 Å². The first-order valence-electron chi connectivity index (χ1n) is 10.5. The van der Waals surface area contributed by atoms with E-state index >= 15 is 0 Å². The lowest BCUT2D eigenvalue weighted by molar-refractivity contribution is 0.0952. The molecule has 3 aromatic carbocycles. The minimum absolute atomic E-state index is 0.196. The van der Waals surface area contributed by atoms with Crippen LogP contribution in [0.15, 0.2) is 78.9 Å². The van der Waals surface area contributed by atoms with Crippen molar-refractivity contribution >= 4 is 33.4 Å². The molecule has 164 valence electrons. The molecule has 6 nitrogen and oxygen atoms in total. The van der Waals surface area contributed by atoms with E-state index in [0.29, 0.717) is 23.6 Å². The van der Waals surface area contributed by atoms with Crippen molar-refractivity contribution in [1.82, 2.24) is 14.5 Å². The number of alkyl halides is 1. The molecule has 33 heavy (non-hydrogen) atoms. The van der Waals surface area contributed by atoms with Crippen LogP contribution in [0.5, 0.6) is 5.75 Å². The highest BCUT2D eigenvalue weighted by Gasteiger charge is 2.20. The van der Waals surface area contributed by atoms with E-state index in [1.165, 1.54) is 0 Å². The van der Waals surface area contributed by atoms with Gasteiger partial charge in [0.1, 0.15) is 17.1 Å². The van der Waals surface area contributed by atoms with Gasteiger partial charge in [-0.15, -0.1) is 0 Å². The van der Waals surface area contributed by atoms with Crippen LogP contribution in [-0.2, 0) is 6.54 Å². The summed E-state index contributed by atoms with van der Waals surface area (Å²) in [6.45, 7) is -0.557. The molecule has 1 N–H and O–H groups in total. The summed E-state index contributed by atoms with van der Waals surface area (Å²) < 4.78 is 20.6. The van der Waals surface area contributed by atoms with Crippen LogP contribution in [-0.4, -0.2) is 34.1 Å². The fraction of sp³-hybridized carbons (Fsp3) is 0.115. The van der Waals surface area contributed by atoms with Gasteiger partial charge < -0.3 is 10.1 Å². The van der Waals surface area contributed by atoms with E-state index in [-0.39, 0.29) is 11.6 Å². The lowest BCUT2D eigenvalue weighted by Crippen LogP contribution is -2.13. The number of rotatable bonds is 7. The van der Waals surface area contributed by atoms with Crippen LogP contribution < -0.4 is 10.1 Å². The van der Waals surface area contributed by atoms with Gasteiger partial charge in [-0.05, 0) is 29.8 Å². The van der Waals surface area contributed by atoms with Crippen molar-refractivity contribution in [3.05, 3.63) is 90.1 Å². The summed E-state index contributed by atoms with van der Waals surface area (Å²) in [6.07, 6.45) is 0. The number of ketones is 1. The van der Waals surface area contributed by atoms with Crippen LogP contribution in [0.1, 0.15) is 16.1 Å². The van der Waals surface area contributed by atoms with E-state index in [1.54, 1.807) is 17.7 Å². The number of carbonyl (C=O) groups excluding carboxylic acids is 1. The van der Waals surface area contributed by atoms with E-state index in [0.717, 1.165) is 21.9 Å². The molecule has 0 saturated carbocycles. The Morgan fingerprint density at radius 3 is 2.58 bits per heavy atom. The first-order chi connectivity index (χ1) is 16.2. The Bertz CT molecular complexity index is 1460. The smallest absolute Gasteiger partial charge is 0.237 e. The first-order valence-corrected chi connectivity index (χ1v) is 10.5. The number of hydrogen-bond acceptors (Lipinski definition) is 5. The monoisotopic (exact) mass is 440 g/mol. The average molecular weight is 440 g/mol. The molecule has 0 saturated heterocycles. The fourth-order valence-corrected chi connectivity index (χ4v) is 3.94. The number of halogens is 1. The third-order valence-corrected chi connectivity index (χ3v) is 5.52. The predicted octanol–water partition coefficient (Wildman–Crippen LogP) is 5.35. The summed E-state index contributed by atoms with van der Waals surface area (Å²) >= 11 is 0. The van der Waals surface area contributed by atoms with E-state index in [2.05, 4.69) is 5.32 Å². The van der Waals surface area contributed by atoms with Crippen LogP contribution in [0.3, 0.4) is 0 Å². The Morgan fingerprint density at radius 1 is 1.00 bits per heavy atom. The summed E-state index contributed by atoms with van der Waals surface area (Å²) in [5.74, 6) is 0.803. The molecule has 2 heterocycles. The number of para-hydroxylation sites is 2. The largest absolute Gasteiger partial charge is 0.494 e. The number of nitrogens with zero attached hydrogens (tertiary/aromatic N) is 3. The summed E-state index contributed by atoms with van der Waals surface area (Å²) in [5, 5.41) is 4.97. The number of anilines is 1. The van der Waals surface area contributed by atoms with Crippen LogP contribution in [0.25, 0.3) is 27.8 Å². The quantitative estimate of drug-likeness (QED) is 0.346. The number of methoxy groups -OCH3 is 1. The molecular weight excluding hydrogens is 419 g/mol. The summed E-state index contributed by atoms with van der Waals surface area (Å²) in [7, 11) is 1.58. The molecule has 0 aliphatic rings. The first kappa shape index (κ1) is 20.6. The van der Waals surface area contributed by atoms with Gasteiger partial charge in [0.05, 0.1) is 18.3 Å². The number of benzene rings is 3. The normalized spacial score (nSPS) is 11.1. The van der Waals surface area contributed by atoms with E-state index in [9.17, 15) is 9.18 Å². The van der Waals surface area contributed by atoms with Gasteiger partial charge in [0, 0.05) is 17.3 Å². The van der Waals surface area contributed by atoms with Crippen molar-refractivity contribution in [2.45, 2.75) is 6.54 Å². The second-order valence-corrected chi connectivity index (χ2v) is 7.55. The van der Waals surface area contributed by atoms with Crippen LogP contribution >= 0.6 is 0 Å². The Hall–Kier alpha value is -4.26. The molecule has 0 spiro atoms. The molecule has 0 fully saturated rings. The topological polar surface area (TPSA) is 69.0 Å². The molecular formula is C26H21FN4O2. The molecule has 0 radical (unpaired) electrons.